The topological polar surface area (TPSA) is 63.6 Å². The Hall–Kier alpha value is -1.75. The quantitative estimate of drug-likeness (QED) is 0.812. The Morgan fingerprint density at radius 1 is 1.07 bits per heavy atom. The molecule has 0 bridgehead atoms. The minimum Gasteiger partial charge on any atom is -0.307 e. The first-order chi connectivity index (χ1) is 6.84. The van der Waals surface area contributed by atoms with Crippen molar-refractivity contribution in [3.63, 3.8) is 0 Å². The summed E-state index contributed by atoms with van der Waals surface area (Å²) in [5.74, 6) is 1.03. The third-order valence-corrected chi connectivity index (χ3v) is 1.64. The van der Waals surface area contributed by atoms with Gasteiger partial charge < -0.3 is 5.32 Å². The molecule has 0 aromatic carbocycles. The number of halogens is 1. The number of nitrogens with zero attached hydrogens (tertiary/aromatic N) is 4. The summed E-state index contributed by atoms with van der Waals surface area (Å²) in [5.41, 5.74) is 0. The number of hydrogen-bond donors (Lipinski definition) is 1. The van der Waals surface area contributed by atoms with Gasteiger partial charge in [0.25, 0.3) is 0 Å². The van der Waals surface area contributed by atoms with Crippen LogP contribution in [0.15, 0.2) is 30.6 Å². The predicted octanol–water partition coefficient (Wildman–Crippen LogP) is 1.66. The van der Waals surface area contributed by atoms with E-state index in [2.05, 4.69) is 25.5 Å². The fraction of sp³-hybridized carbons (Fsp3) is 0. The van der Waals surface area contributed by atoms with Crippen molar-refractivity contribution in [1.29, 1.82) is 0 Å². The van der Waals surface area contributed by atoms with Gasteiger partial charge in [0, 0.05) is 12.4 Å². The lowest BCUT2D eigenvalue weighted by molar-refractivity contribution is 1.02. The van der Waals surface area contributed by atoms with Crippen LogP contribution < -0.4 is 5.32 Å². The molecule has 0 unspecified atom stereocenters. The van der Waals surface area contributed by atoms with Crippen LogP contribution in [-0.4, -0.2) is 20.2 Å². The van der Waals surface area contributed by atoms with Gasteiger partial charge in [0.05, 0.1) is 0 Å². The summed E-state index contributed by atoms with van der Waals surface area (Å²) in [4.78, 5) is 7.95. The van der Waals surface area contributed by atoms with Crippen LogP contribution in [-0.2, 0) is 0 Å². The number of aromatic nitrogens is 4. The summed E-state index contributed by atoms with van der Waals surface area (Å²) in [6.07, 6.45) is 3.28. The van der Waals surface area contributed by atoms with E-state index in [1.165, 1.54) is 0 Å². The maximum atomic E-state index is 5.58. The second-order valence-corrected chi connectivity index (χ2v) is 2.83. The Morgan fingerprint density at radius 3 is 2.50 bits per heavy atom. The molecule has 2 aromatic rings. The third-order valence-electron chi connectivity index (χ3n) is 1.44. The molecule has 0 aliphatic carbocycles. The average molecular weight is 208 g/mol. The first-order valence-corrected chi connectivity index (χ1v) is 4.26. The first-order valence-electron chi connectivity index (χ1n) is 3.88. The van der Waals surface area contributed by atoms with Crippen molar-refractivity contribution in [3.8, 4) is 0 Å². The van der Waals surface area contributed by atoms with Crippen molar-refractivity contribution in [3.05, 3.63) is 35.7 Å². The lowest BCUT2D eigenvalue weighted by Crippen LogP contribution is -1.98. The third kappa shape index (κ3) is 2.14. The summed E-state index contributed by atoms with van der Waals surface area (Å²) in [6.45, 7) is 0. The summed E-state index contributed by atoms with van der Waals surface area (Å²) in [5, 5.41) is 10.7. The summed E-state index contributed by atoms with van der Waals surface area (Å²) >= 11 is 5.58. The molecule has 0 fully saturated rings. The molecule has 2 heterocycles. The molecule has 1 N–H and O–H groups in total. The van der Waals surface area contributed by atoms with Gasteiger partial charge in [-0.1, -0.05) is 11.6 Å². The van der Waals surface area contributed by atoms with Gasteiger partial charge in [-0.15, -0.1) is 10.2 Å². The number of anilines is 2. The Kier molecular flexibility index (Phi) is 2.51. The minimum absolute atomic E-state index is 0.351. The molecule has 5 nitrogen and oxygen atoms in total. The van der Waals surface area contributed by atoms with E-state index in [0.717, 1.165) is 0 Å². The van der Waals surface area contributed by atoms with Crippen LogP contribution in [0.2, 0.25) is 5.15 Å². The highest BCUT2D eigenvalue weighted by molar-refractivity contribution is 6.29. The number of rotatable bonds is 2. The van der Waals surface area contributed by atoms with Gasteiger partial charge in [-0.25, -0.2) is 9.97 Å². The first kappa shape index (κ1) is 8.83. The Balaban J connectivity index is 2.16. The monoisotopic (exact) mass is 207 g/mol. The highest BCUT2D eigenvalue weighted by Crippen LogP contribution is 2.09. The molecule has 14 heavy (non-hydrogen) atoms. The zero-order chi connectivity index (χ0) is 9.80. The van der Waals surface area contributed by atoms with Crippen molar-refractivity contribution >= 4 is 23.4 Å². The van der Waals surface area contributed by atoms with Crippen LogP contribution in [0.25, 0.3) is 0 Å². The predicted molar refractivity (Wildman–Crippen MR) is 52.4 cm³/mol. The zero-order valence-electron chi connectivity index (χ0n) is 7.05. The van der Waals surface area contributed by atoms with E-state index in [0.29, 0.717) is 16.9 Å². The Bertz CT molecular complexity index is 402. The molecule has 6 heteroatoms. The zero-order valence-corrected chi connectivity index (χ0v) is 7.81. The van der Waals surface area contributed by atoms with E-state index in [-0.39, 0.29) is 0 Å². The lowest BCUT2D eigenvalue weighted by Gasteiger charge is -2.00. The molecule has 0 aliphatic rings. The smallest absolute Gasteiger partial charge is 0.228 e. The van der Waals surface area contributed by atoms with Gasteiger partial charge >= 0.3 is 0 Å². The maximum Gasteiger partial charge on any atom is 0.228 e. The van der Waals surface area contributed by atoms with E-state index < -0.39 is 0 Å². The molecule has 0 radical (unpaired) electrons. The summed E-state index contributed by atoms with van der Waals surface area (Å²) < 4.78 is 0. The standard InChI is InChI=1S/C8H6ClN5/c9-6-2-3-7(14-13-6)12-8-10-4-1-5-11-8/h1-5H,(H,10,11,12,14). The molecular weight excluding hydrogens is 202 g/mol. The van der Waals surface area contributed by atoms with Gasteiger partial charge in [-0.3, -0.25) is 0 Å². The van der Waals surface area contributed by atoms with Crippen LogP contribution in [0.4, 0.5) is 11.8 Å². The van der Waals surface area contributed by atoms with Crippen LogP contribution in [0, 0.1) is 0 Å². The van der Waals surface area contributed by atoms with Gasteiger partial charge in [0.2, 0.25) is 5.95 Å². The molecule has 0 saturated carbocycles. The largest absolute Gasteiger partial charge is 0.307 e. The summed E-state index contributed by atoms with van der Waals surface area (Å²) in [7, 11) is 0. The second-order valence-electron chi connectivity index (χ2n) is 2.44. The molecule has 0 spiro atoms. The molecular formula is C8H6ClN5. The van der Waals surface area contributed by atoms with Crippen LogP contribution >= 0.6 is 11.6 Å². The van der Waals surface area contributed by atoms with Gasteiger partial charge in [0.15, 0.2) is 11.0 Å². The Morgan fingerprint density at radius 2 is 1.86 bits per heavy atom. The number of hydrogen-bond acceptors (Lipinski definition) is 5. The molecule has 0 amide bonds. The van der Waals surface area contributed by atoms with Crippen molar-refractivity contribution in [2.45, 2.75) is 0 Å². The average Bonchev–Trinajstić information content (AvgIpc) is 2.23. The molecule has 0 aliphatic heterocycles. The molecule has 2 rings (SSSR count). The van der Waals surface area contributed by atoms with E-state index >= 15 is 0 Å². The van der Waals surface area contributed by atoms with Crippen LogP contribution in [0.5, 0.6) is 0 Å². The van der Waals surface area contributed by atoms with Gasteiger partial charge in [-0.05, 0) is 18.2 Å². The highest BCUT2D eigenvalue weighted by Gasteiger charge is 1.97. The molecule has 2 aromatic heterocycles. The molecule has 0 atom stereocenters. The van der Waals surface area contributed by atoms with Crippen molar-refractivity contribution in [2.75, 3.05) is 5.32 Å². The highest BCUT2D eigenvalue weighted by atomic mass is 35.5. The normalized spacial score (nSPS) is 9.79. The van der Waals surface area contributed by atoms with Crippen molar-refractivity contribution in [2.24, 2.45) is 0 Å². The minimum atomic E-state index is 0.351. The SMILES string of the molecule is Clc1ccc(Nc2ncccn2)nn1. The number of nitrogens with one attached hydrogen (secondary N) is 1. The maximum absolute atomic E-state index is 5.58. The van der Waals surface area contributed by atoms with Crippen molar-refractivity contribution in [1.82, 2.24) is 20.2 Å². The van der Waals surface area contributed by atoms with E-state index in [1.807, 2.05) is 0 Å². The van der Waals surface area contributed by atoms with Crippen LogP contribution in [0.1, 0.15) is 0 Å². The fourth-order valence-electron chi connectivity index (χ4n) is 0.861. The van der Waals surface area contributed by atoms with E-state index in [1.54, 1.807) is 30.6 Å². The lowest BCUT2D eigenvalue weighted by atomic mass is 10.5. The van der Waals surface area contributed by atoms with E-state index in [4.69, 9.17) is 11.6 Å². The molecule has 0 saturated heterocycles. The van der Waals surface area contributed by atoms with Crippen LogP contribution in [0.3, 0.4) is 0 Å². The summed E-state index contributed by atoms with van der Waals surface area (Å²) in [6, 6.07) is 5.07. The van der Waals surface area contributed by atoms with Gasteiger partial charge in [-0.2, -0.15) is 0 Å². The van der Waals surface area contributed by atoms with Gasteiger partial charge in [0.1, 0.15) is 0 Å². The fourth-order valence-corrected chi connectivity index (χ4v) is 0.962. The second kappa shape index (κ2) is 3.97. The Labute approximate surface area is 85.2 Å². The van der Waals surface area contributed by atoms with Crippen molar-refractivity contribution < 1.29 is 0 Å². The van der Waals surface area contributed by atoms with E-state index in [9.17, 15) is 0 Å². The molecule has 70 valence electrons.